The zero-order valence-electron chi connectivity index (χ0n) is 19.4. The van der Waals surface area contributed by atoms with Gasteiger partial charge in [0.1, 0.15) is 5.69 Å². The lowest BCUT2D eigenvalue weighted by molar-refractivity contribution is 0.446. The van der Waals surface area contributed by atoms with Crippen molar-refractivity contribution in [1.82, 2.24) is 35.1 Å². The first-order valence-electron chi connectivity index (χ1n) is 11.4. The highest BCUT2D eigenvalue weighted by Gasteiger charge is 2.13. The van der Waals surface area contributed by atoms with Crippen LogP contribution >= 0.6 is 0 Å². The summed E-state index contributed by atoms with van der Waals surface area (Å²) in [5, 5.41) is 14.0. The van der Waals surface area contributed by atoms with E-state index in [9.17, 15) is 0 Å². The minimum absolute atomic E-state index is 0.171. The van der Waals surface area contributed by atoms with E-state index in [2.05, 4.69) is 40.4 Å². The molecule has 0 aliphatic carbocycles. The third-order valence-corrected chi connectivity index (χ3v) is 5.52. The molecule has 6 aromatic rings. The van der Waals surface area contributed by atoms with Gasteiger partial charge in [-0.3, -0.25) is 4.98 Å². The van der Waals surface area contributed by atoms with E-state index in [1.54, 1.807) is 43.0 Å². The molecule has 0 aliphatic rings. The molecule has 0 amide bonds. The van der Waals surface area contributed by atoms with Crippen LogP contribution in [0.25, 0.3) is 33.4 Å². The summed E-state index contributed by atoms with van der Waals surface area (Å²) in [6.07, 6.45) is 6.62. The topological polar surface area (TPSA) is 138 Å². The molecule has 0 aliphatic heterocycles. The van der Waals surface area contributed by atoms with E-state index >= 15 is 0 Å². The second-order valence-corrected chi connectivity index (χ2v) is 7.93. The molecular formula is C27H19N9O. The number of hydrogen-bond acceptors (Lipinski definition) is 10. The smallest absolute Gasteiger partial charge is 0.230 e. The number of aromatic nitrogens is 7. The highest BCUT2D eigenvalue weighted by Crippen LogP contribution is 2.32. The molecule has 0 bridgehead atoms. The van der Waals surface area contributed by atoms with E-state index in [1.807, 2.05) is 54.6 Å². The molecule has 1 aromatic carbocycles. The van der Waals surface area contributed by atoms with Crippen molar-refractivity contribution in [2.75, 3.05) is 11.1 Å². The van der Waals surface area contributed by atoms with E-state index in [0.29, 0.717) is 28.8 Å². The van der Waals surface area contributed by atoms with E-state index in [-0.39, 0.29) is 5.95 Å². The van der Waals surface area contributed by atoms with E-state index in [1.165, 1.54) is 0 Å². The molecule has 37 heavy (non-hydrogen) atoms. The molecule has 178 valence electrons. The zero-order valence-corrected chi connectivity index (χ0v) is 19.4. The first kappa shape index (κ1) is 22.0. The van der Waals surface area contributed by atoms with Crippen LogP contribution in [0, 0.1) is 0 Å². The largest absolute Gasteiger partial charge is 0.420 e. The van der Waals surface area contributed by atoms with Gasteiger partial charge in [-0.1, -0.05) is 30.3 Å². The normalized spacial score (nSPS) is 10.8. The van der Waals surface area contributed by atoms with Crippen LogP contribution < -0.4 is 15.8 Å². The van der Waals surface area contributed by atoms with Crippen molar-refractivity contribution in [2.45, 2.75) is 0 Å². The van der Waals surface area contributed by atoms with Crippen molar-refractivity contribution in [2.24, 2.45) is 0 Å². The zero-order chi connectivity index (χ0) is 25.0. The lowest BCUT2D eigenvalue weighted by Crippen LogP contribution is -2.01. The Kier molecular flexibility index (Phi) is 5.72. The Balaban J connectivity index is 1.26. The Morgan fingerprint density at radius 3 is 2.35 bits per heavy atom. The Labute approximate surface area is 211 Å². The summed E-state index contributed by atoms with van der Waals surface area (Å²) in [6, 6.07) is 22.6. The lowest BCUT2D eigenvalue weighted by Gasteiger charge is -2.12. The van der Waals surface area contributed by atoms with Crippen LogP contribution in [-0.2, 0) is 0 Å². The monoisotopic (exact) mass is 485 g/mol. The molecule has 3 N–H and O–H groups in total. The first-order chi connectivity index (χ1) is 18.2. The van der Waals surface area contributed by atoms with Crippen LogP contribution in [0.2, 0.25) is 0 Å². The van der Waals surface area contributed by atoms with Crippen LogP contribution in [0.4, 0.5) is 17.5 Å². The summed E-state index contributed by atoms with van der Waals surface area (Å²) in [5.74, 6) is 1.51. The summed E-state index contributed by atoms with van der Waals surface area (Å²) in [4.78, 5) is 21.4. The summed E-state index contributed by atoms with van der Waals surface area (Å²) in [5.41, 5.74) is 9.23. The minimum Gasteiger partial charge on any atom is -0.420 e. The van der Waals surface area contributed by atoms with Gasteiger partial charge in [0.05, 0.1) is 28.8 Å². The number of ether oxygens (including phenoxy) is 1. The number of hydrogen-bond donors (Lipinski definition) is 2. The minimum atomic E-state index is 0.171. The maximum absolute atomic E-state index is 5.96. The van der Waals surface area contributed by atoms with Crippen molar-refractivity contribution >= 4 is 28.2 Å². The first-order valence-corrected chi connectivity index (χ1v) is 11.4. The molecule has 0 fully saturated rings. The molecule has 6 rings (SSSR count). The quantitative estimate of drug-likeness (QED) is 0.329. The predicted octanol–water partition coefficient (Wildman–Crippen LogP) is 5.06. The Bertz CT molecular complexity index is 1690. The van der Waals surface area contributed by atoms with Gasteiger partial charge in [-0.25, -0.2) is 19.9 Å². The number of benzene rings is 1. The molecule has 0 radical (unpaired) electrons. The Hall–Kier alpha value is -5.51. The Morgan fingerprint density at radius 1 is 0.676 bits per heavy atom. The third kappa shape index (κ3) is 4.58. The molecule has 0 atom stereocenters. The van der Waals surface area contributed by atoms with Crippen LogP contribution in [0.15, 0.2) is 97.6 Å². The van der Waals surface area contributed by atoms with Gasteiger partial charge in [0.15, 0.2) is 5.82 Å². The fraction of sp³-hybridized carbons (Fsp3) is 0. The van der Waals surface area contributed by atoms with Gasteiger partial charge in [-0.05, 0) is 36.4 Å². The SMILES string of the molecule is Nc1nccc(-c2cccnc2Oc2ccc(Nc3nnc(-c4ccccn4)c4ccccc34)cn2)n1. The standard InChI is InChI=1S/C27H19N9O/c28-27-31-15-12-21(34-27)20-8-5-14-30-26(20)37-23-11-10-17(16-32-23)33-25-19-7-2-1-6-18(19)24(35-36-25)22-9-3-4-13-29-22/h1-16H,(H,33,36)(H2,28,31,34). The molecule has 10 nitrogen and oxygen atoms in total. The average Bonchev–Trinajstić information content (AvgIpc) is 2.95. The summed E-state index contributed by atoms with van der Waals surface area (Å²) < 4.78 is 5.96. The van der Waals surface area contributed by atoms with Crippen molar-refractivity contribution in [3.05, 3.63) is 97.6 Å². The number of nitrogen functional groups attached to an aromatic ring is 1. The van der Waals surface area contributed by atoms with Gasteiger partial charge in [-0.2, -0.15) is 0 Å². The van der Waals surface area contributed by atoms with Gasteiger partial charge < -0.3 is 15.8 Å². The van der Waals surface area contributed by atoms with E-state index < -0.39 is 0 Å². The molecule has 0 unspecified atom stereocenters. The van der Waals surface area contributed by atoms with Crippen molar-refractivity contribution < 1.29 is 4.74 Å². The number of rotatable bonds is 6. The van der Waals surface area contributed by atoms with E-state index in [0.717, 1.165) is 27.8 Å². The number of nitrogens with zero attached hydrogens (tertiary/aromatic N) is 7. The number of fused-ring (bicyclic) bond motifs is 1. The fourth-order valence-electron chi connectivity index (χ4n) is 3.83. The van der Waals surface area contributed by atoms with Crippen molar-refractivity contribution in [3.8, 4) is 34.4 Å². The lowest BCUT2D eigenvalue weighted by atomic mass is 10.1. The van der Waals surface area contributed by atoms with Crippen LogP contribution in [0.3, 0.4) is 0 Å². The summed E-state index contributed by atoms with van der Waals surface area (Å²) in [7, 11) is 0. The van der Waals surface area contributed by atoms with Gasteiger partial charge in [0.2, 0.25) is 17.7 Å². The van der Waals surface area contributed by atoms with E-state index in [4.69, 9.17) is 10.5 Å². The van der Waals surface area contributed by atoms with Crippen LogP contribution in [0.5, 0.6) is 11.8 Å². The van der Waals surface area contributed by atoms with Gasteiger partial charge in [-0.15, -0.1) is 10.2 Å². The van der Waals surface area contributed by atoms with Gasteiger partial charge in [0, 0.05) is 35.4 Å². The molecule has 10 heteroatoms. The third-order valence-electron chi connectivity index (χ3n) is 5.52. The second-order valence-electron chi connectivity index (χ2n) is 7.93. The van der Waals surface area contributed by atoms with Crippen LogP contribution in [0.1, 0.15) is 0 Å². The Morgan fingerprint density at radius 2 is 1.54 bits per heavy atom. The molecule has 0 saturated heterocycles. The number of pyridine rings is 3. The maximum Gasteiger partial charge on any atom is 0.230 e. The number of nitrogens with two attached hydrogens (primary N) is 1. The van der Waals surface area contributed by atoms with Crippen molar-refractivity contribution in [3.63, 3.8) is 0 Å². The molecule has 0 saturated carbocycles. The van der Waals surface area contributed by atoms with Crippen molar-refractivity contribution in [1.29, 1.82) is 0 Å². The second kappa shape index (κ2) is 9.62. The molecule has 0 spiro atoms. The highest BCUT2D eigenvalue weighted by atomic mass is 16.5. The predicted molar refractivity (Wildman–Crippen MR) is 140 cm³/mol. The highest BCUT2D eigenvalue weighted by molar-refractivity contribution is 6.00. The van der Waals surface area contributed by atoms with Crippen LogP contribution in [-0.4, -0.2) is 35.1 Å². The average molecular weight is 486 g/mol. The molecular weight excluding hydrogens is 466 g/mol. The fourth-order valence-corrected chi connectivity index (χ4v) is 3.83. The molecule has 5 aromatic heterocycles. The maximum atomic E-state index is 5.96. The number of anilines is 3. The molecule has 5 heterocycles. The summed E-state index contributed by atoms with van der Waals surface area (Å²) >= 11 is 0. The van der Waals surface area contributed by atoms with Gasteiger partial charge in [0.25, 0.3) is 0 Å². The number of nitrogens with one attached hydrogen (secondary N) is 1. The van der Waals surface area contributed by atoms with Gasteiger partial charge >= 0.3 is 0 Å². The summed E-state index contributed by atoms with van der Waals surface area (Å²) in [6.45, 7) is 0.